The van der Waals surface area contributed by atoms with Crippen LogP contribution in [0.4, 0.5) is 5.95 Å². The van der Waals surface area contributed by atoms with Gasteiger partial charge < -0.3 is 19.8 Å². The fourth-order valence-corrected chi connectivity index (χ4v) is 3.92. The molecule has 1 aliphatic rings. The van der Waals surface area contributed by atoms with Crippen LogP contribution in [0.25, 0.3) is 11.0 Å². The van der Waals surface area contributed by atoms with Crippen LogP contribution in [0.5, 0.6) is 0 Å². The Morgan fingerprint density at radius 3 is 2.84 bits per heavy atom. The van der Waals surface area contributed by atoms with Crippen LogP contribution in [0.1, 0.15) is 41.0 Å². The Bertz CT molecular complexity index is 983. The lowest BCUT2D eigenvalue weighted by Gasteiger charge is -2.44. The highest BCUT2D eigenvalue weighted by Gasteiger charge is 2.45. The molecule has 0 spiro atoms. The van der Waals surface area contributed by atoms with Crippen molar-refractivity contribution in [1.82, 2.24) is 15.3 Å². The van der Waals surface area contributed by atoms with Gasteiger partial charge in [0.15, 0.2) is 5.79 Å². The molecule has 0 aliphatic carbocycles. The first-order valence-corrected chi connectivity index (χ1v) is 11.3. The molecule has 31 heavy (non-hydrogen) atoms. The van der Waals surface area contributed by atoms with Crippen LogP contribution in [0.15, 0.2) is 35.4 Å². The minimum absolute atomic E-state index is 0.328. The zero-order chi connectivity index (χ0) is 22.6. The fourth-order valence-electron chi connectivity index (χ4n) is 3.11. The van der Waals surface area contributed by atoms with Gasteiger partial charge in [0.05, 0.1) is 17.6 Å². The Hall–Kier alpha value is -2.36. The largest absolute Gasteiger partial charge is 0.350 e. The SMILES string of the molecule is CCCSc1ccc2nc(NC(=O)/C=C/NC(=O)[C@@H]3OC(C)(C)OCC3(C)C)[nH]c2c1. The van der Waals surface area contributed by atoms with Gasteiger partial charge in [-0.05, 0) is 44.2 Å². The molecule has 1 aromatic carbocycles. The van der Waals surface area contributed by atoms with E-state index in [0.29, 0.717) is 12.6 Å². The minimum atomic E-state index is -0.838. The number of nitrogens with zero attached hydrogens (tertiary/aromatic N) is 1. The number of thioether (sulfide) groups is 1. The summed E-state index contributed by atoms with van der Waals surface area (Å²) in [7, 11) is 0. The molecular weight excluding hydrogens is 416 g/mol. The number of nitrogens with one attached hydrogen (secondary N) is 3. The number of hydrogen-bond acceptors (Lipinski definition) is 6. The Morgan fingerprint density at radius 1 is 1.32 bits per heavy atom. The van der Waals surface area contributed by atoms with E-state index in [2.05, 4.69) is 27.5 Å². The standard InChI is InChI=1S/C22H30N4O4S/c1-6-11-31-14-7-8-15-16(12-14)25-20(24-15)26-17(27)9-10-23-19(28)18-21(2,3)13-29-22(4,5)30-18/h7-10,12,18H,6,11,13H2,1-5H3,(H,23,28)(H2,24,25,26,27)/b10-9+/t18-/m0/s1. The number of amides is 2. The summed E-state index contributed by atoms with van der Waals surface area (Å²) in [5, 5.41) is 5.30. The number of carbonyl (C=O) groups excluding carboxylic acids is 2. The van der Waals surface area contributed by atoms with E-state index in [1.807, 2.05) is 32.0 Å². The first kappa shape index (κ1) is 23.3. The van der Waals surface area contributed by atoms with Crippen LogP contribution in [0.2, 0.25) is 0 Å². The monoisotopic (exact) mass is 446 g/mol. The summed E-state index contributed by atoms with van der Waals surface area (Å²) in [4.78, 5) is 33.4. The highest BCUT2D eigenvalue weighted by Crippen LogP contribution is 2.34. The van der Waals surface area contributed by atoms with Crippen LogP contribution in [0, 0.1) is 5.41 Å². The van der Waals surface area contributed by atoms with Crippen molar-refractivity contribution in [3.8, 4) is 0 Å². The Morgan fingerprint density at radius 2 is 2.10 bits per heavy atom. The van der Waals surface area contributed by atoms with E-state index >= 15 is 0 Å². The molecule has 1 saturated heterocycles. The molecule has 1 aliphatic heterocycles. The molecule has 1 aromatic heterocycles. The zero-order valence-electron chi connectivity index (χ0n) is 18.6. The number of aromatic amines is 1. The van der Waals surface area contributed by atoms with Gasteiger partial charge >= 0.3 is 0 Å². The van der Waals surface area contributed by atoms with Crippen molar-refractivity contribution in [1.29, 1.82) is 0 Å². The smallest absolute Gasteiger partial charge is 0.253 e. The van der Waals surface area contributed by atoms with Crippen LogP contribution < -0.4 is 10.6 Å². The van der Waals surface area contributed by atoms with Crippen molar-refractivity contribution >= 4 is 40.6 Å². The third-order valence-electron chi connectivity index (χ3n) is 4.77. The molecule has 0 unspecified atom stereocenters. The molecule has 0 bridgehead atoms. The average molecular weight is 447 g/mol. The number of ether oxygens (including phenoxy) is 2. The summed E-state index contributed by atoms with van der Waals surface area (Å²) in [5.41, 5.74) is 1.14. The summed E-state index contributed by atoms with van der Waals surface area (Å²) in [5.74, 6) is -0.176. The van der Waals surface area contributed by atoms with Crippen LogP contribution >= 0.6 is 11.8 Å². The fraction of sp³-hybridized carbons (Fsp3) is 0.500. The molecule has 1 fully saturated rings. The molecule has 2 heterocycles. The van der Waals surface area contributed by atoms with Gasteiger partial charge in [-0.1, -0.05) is 20.8 Å². The molecule has 9 heteroatoms. The number of anilines is 1. The molecule has 8 nitrogen and oxygen atoms in total. The van der Waals surface area contributed by atoms with Gasteiger partial charge in [-0.3, -0.25) is 14.9 Å². The highest BCUT2D eigenvalue weighted by atomic mass is 32.2. The Balaban J connectivity index is 1.57. The molecule has 2 aromatic rings. The van der Waals surface area contributed by atoms with E-state index in [1.54, 1.807) is 25.6 Å². The molecule has 0 radical (unpaired) electrons. The Kier molecular flexibility index (Phi) is 7.08. The zero-order valence-corrected chi connectivity index (χ0v) is 19.4. The third kappa shape index (κ3) is 6.09. The van der Waals surface area contributed by atoms with Gasteiger partial charge in [0.25, 0.3) is 11.8 Å². The van der Waals surface area contributed by atoms with Gasteiger partial charge in [-0.2, -0.15) is 0 Å². The summed E-state index contributed by atoms with van der Waals surface area (Å²) in [6, 6.07) is 5.96. The number of imidazole rings is 1. The summed E-state index contributed by atoms with van der Waals surface area (Å²) in [6.45, 7) is 9.87. The number of benzene rings is 1. The maximum absolute atomic E-state index is 12.6. The van der Waals surface area contributed by atoms with Crippen LogP contribution in [-0.2, 0) is 19.1 Å². The van der Waals surface area contributed by atoms with Crippen LogP contribution in [0.3, 0.4) is 0 Å². The lowest BCUT2D eigenvalue weighted by Crippen LogP contribution is -2.55. The normalized spacial score (nSPS) is 20.1. The van der Waals surface area contributed by atoms with Gasteiger partial charge in [0.2, 0.25) is 5.95 Å². The van der Waals surface area contributed by atoms with E-state index in [4.69, 9.17) is 9.47 Å². The average Bonchev–Trinajstić information content (AvgIpc) is 3.09. The second-order valence-electron chi connectivity index (χ2n) is 8.62. The second kappa shape index (κ2) is 9.42. The highest BCUT2D eigenvalue weighted by molar-refractivity contribution is 7.99. The molecule has 0 saturated carbocycles. The molecule has 3 rings (SSSR count). The quantitative estimate of drug-likeness (QED) is 0.441. The predicted molar refractivity (Wildman–Crippen MR) is 122 cm³/mol. The summed E-state index contributed by atoms with van der Waals surface area (Å²) in [6.07, 6.45) is 2.96. The lowest BCUT2D eigenvalue weighted by molar-refractivity contribution is -0.303. The van der Waals surface area contributed by atoms with E-state index in [-0.39, 0.29) is 5.91 Å². The number of hydrogen-bond donors (Lipinski definition) is 3. The summed E-state index contributed by atoms with van der Waals surface area (Å²) < 4.78 is 11.4. The van der Waals surface area contributed by atoms with Crippen LogP contribution in [-0.4, -0.2) is 46.0 Å². The van der Waals surface area contributed by atoms with Crippen molar-refractivity contribution in [2.75, 3.05) is 17.7 Å². The molecule has 168 valence electrons. The molecule has 3 N–H and O–H groups in total. The van der Waals surface area contributed by atoms with Crippen molar-refractivity contribution < 1.29 is 19.1 Å². The first-order chi connectivity index (χ1) is 14.6. The lowest BCUT2D eigenvalue weighted by atomic mass is 9.85. The molecule has 1 atom stereocenters. The van der Waals surface area contributed by atoms with Gasteiger partial charge in [-0.25, -0.2) is 4.98 Å². The first-order valence-electron chi connectivity index (χ1n) is 10.3. The molecular formula is C22H30N4O4S. The van der Waals surface area contributed by atoms with E-state index < -0.39 is 23.2 Å². The number of aromatic nitrogens is 2. The summed E-state index contributed by atoms with van der Waals surface area (Å²) >= 11 is 1.78. The van der Waals surface area contributed by atoms with Crippen molar-refractivity contribution in [2.45, 2.75) is 57.8 Å². The van der Waals surface area contributed by atoms with Gasteiger partial charge in [-0.15, -0.1) is 11.8 Å². The van der Waals surface area contributed by atoms with Crippen molar-refractivity contribution in [2.24, 2.45) is 5.41 Å². The minimum Gasteiger partial charge on any atom is -0.350 e. The maximum atomic E-state index is 12.6. The molecule has 2 amide bonds. The van der Waals surface area contributed by atoms with E-state index in [1.165, 1.54) is 12.3 Å². The number of H-pyrrole nitrogens is 1. The second-order valence-corrected chi connectivity index (χ2v) is 9.79. The van der Waals surface area contributed by atoms with Crippen molar-refractivity contribution in [3.63, 3.8) is 0 Å². The third-order valence-corrected chi connectivity index (χ3v) is 5.97. The topological polar surface area (TPSA) is 105 Å². The number of fused-ring (bicyclic) bond motifs is 1. The Labute approximate surface area is 186 Å². The van der Waals surface area contributed by atoms with E-state index in [0.717, 1.165) is 28.1 Å². The van der Waals surface area contributed by atoms with E-state index in [9.17, 15) is 9.59 Å². The predicted octanol–water partition coefficient (Wildman–Crippen LogP) is 3.81. The van der Waals surface area contributed by atoms with Gasteiger partial charge in [0.1, 0.15) is 6.10 Å². The van der Waals surface area contributed by atoms with Gasteiger partial charge in [0, 0.05) is 22.6 Å². The maximum Gasteiger partial charge on any atom is 0.253 e. The number of rotatable bonds is 7. The van der Waals surface area contributed by atoms with Crippen molar-refractivity contribution in [3.05, 3.63) is 30.5 Å². The number of carbonyl (C=O) groups is 2.